The van der Waals surface area contributed by atoms with Gasteiger partial charge in [0.2, 0.25) is 0 Å². The summed E-state index contributed by atoms with van der Waals surface area (Å²) in [6.45, 7) is 5.97. The van der Waals surface area contributed by atoms with Gasteiger partial charge in [0.05, 0.1) is 12.9 Å². The van der Waals surface area contributed by atoms with Crippen molar-refractivity contribution in [1.29, 1.82) is 0 Å². The molecule has 0 aromatic carbocycles. The topological polar surface area (TPSA) is 102 Å². The van der Waals surface area contributed by atoms with Crippen molar-refractivity contribution in [2.45, 2.75) is 6.92 Å². The van der Waals surface area contributed by atoms with E-state index in [1.807, 2.05) is 6.92 Å². The first-order chi connectivity index (χ1) is 5.88. The van der Waals surface area contributed by atoms with Crippen molar-refractivity contribution in [2.75, 3.05) is 6.61 Å². The van der Waals surface area contributed by atoms with E-state index < -0.39 is 10.3 Å². The van der Waals surface area contributed by atoms with Crippen LogP contribution in [0.25, 0.3) is 0 Å². The second-order valence-electron chi connectivity index (χ2n) is 1.30. The molecule has 0 unspecified atom stereocenters. The van der Waals surface area contributed by atoms with Gasteiger partial charge in [0, 0.05) is 0 Å². The quantitative estimate of drug-likeness (QED) is 0.319. The Bertz CT molecular complexity index is 138. The normalized spacial score (nSPS) is 5.79. The molecule has 0 aromatic rings. The Labute approximate surface area is 137 Å². The zero-order chi connectivity index (χ0) is 11.3. The van der Waals surface area contributed by atoms with Crippen LogP contribution in [0.4, 0.5) is 0 Å². The van der Waals surface area contributed by atoms with Crippen LogP contribution in [0.15, 0.2) is 12.8 Å². The minimum absolute atomic E-state index is 0. The van der Waals surface area contributed by atoms with E-state index in [0.29, 0.717) is 0 Å². The zero-order valence-electron chi connectivity index (χ0n) is 7.27. The Morgan fingerprint density at radius 3 is 1.57 bits per heavy atom. The molecule has 0 fully saturated rings. The Balaban J connectivity index is -0.0000000522. The molecule has 0 radical (unpaired) electrons. The van der Waals surface area contributed by atoms with Gasteiger partial charge in [0.25, 0.3) is 10.3 Å². The molecule has 0 spiro atoms. The van der Waals surface area contributed by atoms with Gasteiger partial charge in [-0.15, -0.1) is 0 Å². The average molecular weight is 266 g/mol. The van der Waals surface area contributed by atoms with Crippen LogP contribution in [0, 0.1) is 0 Å². The van der Waals surface area contributed by atoms with Gasteiger partial charge in [-0.1, -0.05) is 6.58 Å². The predicted octanol–water partition coefficient (Wildman–Crippen LogP) is 0.0939. The molecule has 5 nitrogen and oxygen atoms in total. The van der Waals surface area contributed by atoms with Crippen LogP contribution in [0.2, 0.25) is 0 Å². The van der Waals surface area contributed by atoms with E-state index in [9.17, 15) is 0 Å². The summed E-state index contributed by atoms with van der Waals surface area (Å²) in [6, 6.07) is 0. The molecule has 0 aliphatic rings. The summed E-state index contributed by atoms with van der Waals surface area (Å²) < 4.78 is 4.60. The monoisotopic (exact) mass is 266 g/mol. The van der Waals surface area contributed by atoms with Crippen molar-refractivity contribution in [3.8, 4) is 0 Å². The average Bonchev–Trinajstić information content (AvgIpc) is 1.86. The van der Waals surface area contributed by atoms with Gasteiger partial charge in [-0.2, -0.15) is 0 Å². The Morgan fingerprint density at radius 2 is 1.57 bits per heavy atom. The van der Waals surface area contributed by atoms with E-state index in [2.05, 4.69) is 47.2 Å². The second-order valence-corrected chi connectivity index (χ2v) is 2.14. The number of thiocarbonyl (C=S) groups is 2. The number of ether oxygens (including phenoxy) is 1. The van der Waals surface area contributed by atoms with Crippen molar-refractivity contribution >= 4 is 86.2 Å². The summed E-state index contributed by atoms with van der Waals surface area (Å²) in [5.74, 6) is 0. The second kappa shape index (κ2) is 23.4. The van der Waals surface area contributed by atoms with E-state index in [1.54, 1.807) is 0 Å². The Morgan fingerprint density at radius 1 is 1.36 bits per heavy atom. The molecule has 0 aliphatic carbocycles. The number of nitrogens with two attached hydrogens (primary N) is 2. The molecule has 0 saturated heterocycles. The molecule has 0 rings (SSSR count). The fourth-order valence-corrected chi connectivity index (χ4v) is 0.118. The summed E-state index contributed by atoms with van der Waals surface area (Å²) in [6.07, 6.45) is 1.43. The van der Waals surface area contributed by atoms with Gasteiger partial charge in [0.15, 0.2) is 0 Å². The van der Waals surface area contributed by atoms with E-state index in [-0.39, 0.29) is 51.4 Å². The van der Waals surface area contributed by atoms with Crippen LogP contribution in [-0.4, -0.2) is 78.6 Å². The van der Waals surface area contributed by atoms with E-state index in [4.69, 9.17) is 10.2 Å². The summed E-state index contributed by atoms with van der Waals surface area (Å²) in [5.41, 5.74) is 8.80. The van der Waals surface area contributed by atoms with Gasteiger partial charge in [-0.3, -0.25) is 0 Å². The van der Waals surface area contributed by atoms with Crippen molar-refractivity contribution in [2.24, 2.45) is 11.5 Å². The first-order valence-electron chi connectivity index (χ1n) is 3.07. The number of aliphatic hydroxyl groups excluding tert-OH is 2. The SMILES string of the molecule is C=COCC.NC(O)=S.NC(O)=S.[KH]. The van der Waals surface area contributed by atoms with E-state index in [1.165, 1.54) is 6.26 Å². The molecule has 8 heteroatoms. The van der Waals surface area contributed by atoms with Gasteiger partial charge >= 0.3 is 51.4 Å². The van der Waals surface area contributed by atoms with Crippen molar-refractivity contribution in [1.82, 2.24) is 0 Å². The number of aliphatic hydroxyl groups is 2. The number of hydrogen-bond acceptors (Lipinski definition) is 3. The Kier molecular flexibility index (Phi) is 40.1. The van der Waals surface area contributed by atoms with Crippen LogP contribution in [0.3, 0.4) is 0 Å². The van der Waals surface area contributed by atoms with Gasteiger partial charge in [-0.25, -0.2) is 0 Å². The summed E-state index contributed by atoms with van der Waals surface area (Å²) in [5, 5.41) is 14.1. The number of rotatable bonds is 2. The summed E-state index contributed by atoms with van der Waals surface area (Å²) in [4.78, 5) is 0. The molecule has 80 valence electrons. The summed E-state index contributed by atoms with van der Waals surface area (Å²) in [7, 11) is 0. The van der Waals surface area contributed by atoms with Crippen LogP contribution < -0.4 is 11.5 Å². The van der Waals surface area contributed by atoms with Gasteiger partial charge in [-0.05, 0) is 31.4 Å². The molecule has 0 heterocycles. The first kappa shape index (κ1) is 24.0. The molecule has 0 amide bonds. The molecule has 14 heavy (non-hydrogen) atoms. The minimum atomic E-state index is -0.500. The van der Waals surface area contributed by atoms with Crippen molar-refractivity contribution in [3.63, 3.8) is 0 Å². The molecule has 0 bridgehead atoms. The molecule has 0 aliphatic heterocycles. The maximum atomic E-state index is 7.56. The van der Waals surface area contributed by atoms with E-state index in [0.717, 1.165) is 6.61 Å². The van der Waals surface area contributed by atoms with E-state index >= 15 is 0 Å². The van der Waals surface area contributed by atoms with Crippen molar-refractivity contribution in [3.05, 3.63) is 12.8 Å². The third-order valence-corrected chi connectivity index (χ3v) is 0.285. The van der Waals surface area contributed by atoms with Gasteiger partial charge < -0.3 is 26.4 Å². The zero-order valence-corrected chi connectivity index (χ0v) is 8.90. The molecular formula is C6H15KN2O3S2. The van der Waals surface area contributed by atoms with Crippen LogP contribution >= 0.6 is 24.4 Å². The van der Waals surface area contributed by atoms with Crippen LogP contribution in [0.5, 0.6) is 0 Å². The van der Waals surface area contributed by atoms with Crippen molar-refractivity contribution < 1.29 is 14.9 Å². The molecule has 0 saturated carbocycles. The third-order valence-electron chi connectivity index (χ3n) is 0.285. The molecular weight excluding hydrogens is 251 g/mol. The maximum absolute atomic E-state index is 7.56. The third kappa shape index (κ3) is 257. The van der Waals surface area contributed by atoms with Crippen LogP contribution in [0.1, 0.15) is 6.92 Å². The first-order valence-corrected chi connectivity index (χ1v) is 3.89. The molecule has 6 N–H and O–H groups in total. The molecule has 0 aromatic heterocycles. The Hall–Kier alpha value is 0.556. The number of hydrogen-bond donors (Lipinski definition) is 4. The fourth-order valence-electron chi connectivity index (χ4n) is 0.118. The standard InChI is InChI=1S/C4H8O.2CH3NOS.K.H/c1-3-5-4-2;2*2-1(3)4;;/h3H,1,4H2,2H3;2*(H3,2,3,4);;. The fraction of sp³-hybridized carbons (Fsp3) is 0.333. The predicted molar refractivity (Wildman–Crippen MR) is 67.8 cm³/mol. The summed E-state index contributed by atoms with van der Waals surface area (Å²) >= 11 is 7.74. The van der Waals surface area contributed by atoms with Gasteiger partial charge in [0.1, 0.15) is 0 Å². The molecule has 0 atom stereocenters. The van der Waals surface area contributed by atoms with Crippen LogP contribution in [-0.2, 0) is 4.74 Å².